The highest BCUT2D eigenvalue weighted by Crippen LogP contribution is 2.50. The van der Waals surface area contributed by atoms with Crippen molar-refractivity contribution in [1.82, 2.24) is 4.31 Å². The molecule has 0 aromatic heterocycles. The van der Waals surface area contributed by atoms with E-state index in [2.05, 4.69) is 9.61 Å². The zero-order chi connectivity index (χ0) is 28.4. The van der Waals surface area contributed by atoms with E-state index in [1.54, 1.807) is 0 Å². The molecule has 38 heavy (non-hydrogen) atoms. The summed E-state index contributed by atoms with van der Waals surface area (Å²) in [7, 11) is -3.48. The van der Waals surface area contributed by atoms with Crippen molar-refractivity contribution in [2.75, 3.05) is 46.9 Å². The highest BCUT2D eigenvalue weighted by atomic mass is 32.2. The molecule has 208 valence electrons. The predicted molar refractivity (Wildman–Crippen MR) is 127 cm³/mol. The molecule has 0 saturated carbocycles. The van der Waals surface area contributed by atoms with E-state index in [1.165, 1.54) is 21.2 Å². The number of anilines is 1. The molecule has 0 radical (unpaired) electrons. The number of esters is 2. The Morgan fingerprint density at radius 2 is 1.61 bits per heavy atom. The van der Waals surface area contributed by atoms with Crippen molar-refractivity contribution < 1.29 is 60.3 Å². The van der Waals surface area contributed by atoms with Gasteiger partial charge in [0.2, 0.25) is 22.6 Å². The van der Waals surface area contributed by atoms with Crippen LogP contribution in [-0.2, 0) is 45.9 Å². The molecule has 2 N–H and O–H groups in total. The van der Waals surface area contributed by atoms with Crippen LogP contribution in [-0.4, -0.2) is 80.4 Å². The van der Waals surface area contributed by atoms with Crippen molar-refractivity contribution >= 4 is 37.7 Å². The number of benzene rings is 2. The number of carbonyl (C=O) groups is 2. The van der Waals surface area contributed by atoms with Crippen LogP contribution in [0.1, 0.15) is 26.3 Å². The molecule has 2 aromatic carbocycles. The number of rotatable bonds is 10. The van der Waals surface area contributed by atoms with Crippen LogP contribution in [0.2, 0.25) is 0 Å². The molecule has 2 aromatic rings. The summed E-state index contributed by atoms with van der Waals surface area (Å²) in [4.78, 5) is 33.1. The molecule has 0 bridgehead atoms. The number of nitrogens with zero attached hydrogens (tertiary/aromatic N) is 1. The fourth-order valence-corrected chi connectivity index (χ4v) is 5.70. The zero-order valence-electron chi connectivity index (χ0n) is 20.8. The third-order valence-electron chi connectivity index (χ3n) is 5.17. The lowest BCUT2D eigenvalue weighted by atomic mass is 10.0. The maximum atomic E-state index is 13.6. The van der Waals surface area contributed by atoms with E-state index in [1.807, 2.05) is 0 Å². The minimum Gasteiger partial charge on any atom is -0.503 e. The van der Waals surface area contributed by atoms with E-state index in [4.69, 9.17) is 23.8 Å². The van der Waals surface area contributed by atoms with Crippen molar-refractivity contribution in [2.24, 2.45) is 0 Å². The van der Waals surface area contributed by atoms with Crippen LogP contribution in [0.15, 0.2) is 28.0 Å². The monoisotopic (exact) mass is 576 g/mol. The number of sulfonamides is 2. The van der Waals surface area contributed by atoms with Gasteiger partial charge in [0.25, 0.3) is 10.0 Å². The van der Waals surface area contributed by atoms with E-state index >= 15 is 0 Å². The highest BCUT2D eigenvalue weighted by molar-refractivity contribution is 7.92. The van der Waals surface area contributed by atoms with Gasteiger partial charge >= 0.3 is 11.9 Å². The van der Waals surface area contributed by atoms with Gasteiger partial charge in [0.1, 0.15) is 16.4 Å². The summed E-state index contributed by atoms with van der Waals surface area (Å²) < 4.78 is 75.6. The van der Waals surface area contributed by atoms with Crippen LogP contribution in [0.3, 0.4) is 0 Å². The van der Waals surface area contributed by atoms with Gasteiger partial charge in [0, 0.05) is 14.1 Å². The van der Waals surface area contributed by atoms with Gasteiger partial charge in [-0.2, -0.15) is 0 Å². The molecule has 0 fully saturated rings. The average molecular weight is 577 g/mol. The molecule has 0 unspecified atom stereocenters. The first-order chi connectivity index (χ1) is 17.8. The molecule has 0 atom stereocenters. The topological polar surface area (TPSA) is 193 Å². The Morgan fingerprint density at radius 1 is 0.974 bits per heavy atom. The van der Waals surface area contributed by atoms with Crippen molar-refractivity contribution in [2.45, 2.75) is 16.4 Å². The quantitative estimate of drug-likeness (QED) is 0.175. The Morgan fingerprint density at radius 3 is 2.18 bits per heavy atom. The molecule has 3 rings (SSSR count). The predicted octanol–water partition coefficient (Wildman–Crippen LogP) is 0.823. The second kappa shape index (κ2) is 11.0. The second-order valence-electron chi connectivity index (χ2n) is 7.66. The van der Waals surface area contributed by atoms with Gasteiger partial charge in [-0.3, -0.25) is 4.72 Å². The van der Waals surface area contributed by atoms with E-state index in [0.29, 0.717) is 0 Å². The summed E-state index contributed by atoms with van der Waals surface area (Å²) in [6.45, 7) is -0.784. The van der Waals surface area contributed by atoms with Crippen LogP contribution in [0.25, 0.3) is 0 Å². The lowest BCUT2D eigenvalue weighted by Crippen LogP contribution is -2.23. The first kappa shape index (κ1) is 28.9. The van der Waals surface area contributed by atoms with Gasteiger partial charge < -0.3 is 24.1 Å². The van der Waals surface area contributed by atoms with Crippen molar-refractivity contribution in [3.63, 3.8) is 0 Å². The van der Waals surface area contributed by atoms with Crippen molar-refractivity contribution in [3.8, 4) is 17.2 Å². The molecule has 1 aliphatic rings. The lowest BCUT2D eigenvalue weighted by Gasteiger charge is -2.18. The molecular weight excluding hydrogens is 552 g/mol. The van der Waals surface area contributed by atoms with Gasteiger partial charge in [-0.15, -0.1) is 0 Å². The van der Waals surface area contributed by atoms with Crippen molar-refractivity contribution in [1.29, 1.82) is 0 Å². The second-order valence-corrected chi connectivity index (χ2v) is 11.4. The Kier molecular flexibility index (Phi) is 8.37. The largest absolute Gasteiger partial charge is 0.503 e. The summed E-state index contributed by atoms with van der Waals surface area (Å²) in [6.07, 6.45) is 0. The molecule has 15 nitrogen and oxygen atoms in total. The molecule has 0 spiro atoms. The average Bonchev–Trinajstić information content (AvgIpc) is 3.38. The van der Waals surface area contributed by atoms with Crippen LogP contribution < -0.4 is 14.2 Å². The van der Waals surface area contributed by atoms with E-state index in [0.717, 1.165) is 36.7 Å². The number of hydrogen-bond acceptors (Lipinski definition) is 13. The molecule has 1 heterocycles. The Balaban J connectivity index is 2.28. The van der Waals surface area contributed by atoms with E-state index in [-0.39, 0.29) is 17.9 Å². The van der Waals surface area contributed by atoms with E-state index in [9.17, 15) is 31.5 Å². The third-order valence-corrected chi connectivity index (χ3v) is 8.39. The van der Waals surface area contributed by atoms with Crippen LogP contribution in [0.4, 0.5) is 5.69 Å². The molecular formula is C21H24N2O13S2. The van der Waals surface area contributed by atoms with Crippen LogP contribution in [0.5, 0.6) is 17.2 Å². The summed E-state index contributed by atoms with van der Waals surface area (Å²) in [5.74, 6) is -3.76. The SMILES string of the molecule is COOCc1cc(C(=O)OC)c(C(=O)OC)c(S(=O)(=O)Nc2cc(S(=O)(=O)N(C)C)c(O)c3c2OCO3)c1. The van der Waals surface area contributed by atoms with Gasteiger partial charge in [-0.05, 0) is 23.8 Å². The fraction of sp³-hybridized carbons (Fsp3) is 0.333. The number of nitrogens with one attached hydrogen (secondary N) is 1. The first-order valence-corrected chi connectivity index (χ1v) is 13.3. The summed E-state index contributed by atoms with van der Waals surface area (Å²) in [5, 5.41) is 10.5. The van der Waals surface area contributed by atoms with Crippen molar-refractivity contribution in [3.05, 3.63) is 34.9 Å². The van der Waals surface area contributed by atoms with Gasteiger partial charge in [0.15, 0.2) is 11.5 Å². The van der Waals surface area contributed by atoms with Crippen LogP contribution in [0, 0.1) is 0 Å². The standard InChI is InChI=1S/C21H24N2O13S2/c1-23(2)38(29,30)15-8-13(18-19(17(15)24)35-10-34-18)22-37(27,28)14-7-11(9-36-33-5)6-12(20(25)31-3)16(14)21(26)32-4/h6-8,22,24H,9-10H2,1-5H3. The minimum atomic E-state index is -4.81. The van der Waals surface area contributed by atoms with Gasteiger partial charge in [-0.25, -0.2) is 40.5 Å². The number of phenolic OH excluding ortho intramolecular Hbond substituents is 1. The normalized spacial score (nSPS) is 12.9. The van der Waals surface area contributed by atoms with Crippen LogP contribution >= 0.6 is 0 Å². The highest BCUT2D eigenvalue weighted by Gasteiger charge is 2.35. The third kappa shape index (κ3) is 5.32. The zero-order valence-corrected chi connectivity index (χ0v) is 22.4. The maximum Gasteiger partial charge on any atom is 0.340 e. The Hall–Kier alpha value is -3.64. The summed E-state index contributed by atoms with van der Waals surface area (Å²) in [5.41, 5.74) is -1.47. The molecule has 1 aliphatic heterocycles. The summed E-state index contributed by atoms with van der Waals surface area (Å²) >= 11 is 0. The maximum absolute atomic E-state index is 13.6. The molecule has 17 heteroatoms. The smallest absolute Gasteiger partial charge is 0.340 e. The fourth-order valence-electron chi connectivity index (χ4n) is 3.38. The number of fused-ring (bicyclic) bond motifs is 1. The number of methoxy groups -OCH3 is 2. The number of ether oxygens (including phenoxy) is 4. The number of aromatic hydroxyl groups is 1. The summed E-state index contributed by atoms with van der Waals surface area (Å²) in [6, 6.07) is 3.01. The Bertz CT molecular complexity index is 1490. The van der Waals surface area contributed by atoms with Gasteiger partial charge in [-0.1, -0.05) is 0 Å². The van der Waals surface area contributed by atoms with E-state index < -0.39 is 76.9 Å². The minimum absolute atomic E-state index is 0.0895. The van der Waals surface area contributed by atoms with Gasteiger partial charge in [0.05, 0.1) is 38.1 Å². The lowest BCUT2D eigenvalue weighted by molar-refractivity contribution is -0.282. The first-order valence-electron chi connectivity index (χ1n) is 10.4. The Labute approximate surface area is 217 Å². The molecule has 0 amide bonds. The number of hydrogen-bond donors (Lipinski definition) is 2. The number of carbonyl (C=O) groups excluding carboxylic acids is 2. The molecule has 0 saturated heterocycles. The number of phenols is 1. The molecule has 0 aliphatic carbocycles.